The van der Waals surface area contributed by atoms with E-state index in [4.69, 9.17) is 14.3 Å². The number of hydroxylamine groups is 1. The highest BCUT2D eigenvalue weighted by Gasteiger charge is 2.25. The summed E-state index contributed by atoms with van der Waals surface area (Å²) in [7, 11) is 1.53. The third kappa shape index (κ3) is 8.80. The van der Waals surface area contributed by atoms with Crippen LogP contribution in [0.5, 0.6) is 5.75 Å². The van der Waals surface area contributed by atoms with Gasteiger partial charge < -0.3 is 19.9 Å². The van der Waals surface area contributed by atoms with Gasteiger partial charge in [0.05, 0.1) is 12.7 Å². The van der Waals surface area contributed by atoms with Gasteiger partial charge in [-0.15, -0.1) is 0 Å². The Morgan fingerprint density at radius 1 is 1.09 bits per heavy atom. The summed E-state index contributed by atoms with van der Waals surface area (Å²) in [5.41, 5.74) is 4.15. The van der Waals surface area contributed by atoms with E-state index in [0.29, 0.717) is 28.1 Å². The number of hydrogen-bond donors (Lipinski definition) is 4. The monoisotopic (exact) mass is 602 g/mol. The van der Waals surface area contributed by atoms with Crippen molar-refractivity contribution in [1.29, 1.82) is 0 Å². The second kappa shape index (κ2) is 13.7. The summed E-state index contributed by atoms with van der Waals surface area (Å²) >= 11 is 0. The van der Waals surface area contributed by atoms with E-state index in [1.807, 2.05) is 0 Å². The molecule has 3 aromatic carbocycles. The van der Waals surface area contributed by atoms with Gasteiger partial charge >= 0.3 is 12.1 Å². The number of hydrogen-bond acceptors (Lipinski definition) is 8. The molecule has 0 radical (unpaired) electrons. The highest BCUT2D eigenvalue weighted by Crippen LogP contribution is 2.26. The van der Waals surface area contributed by atoms with Gasteiger partial charge in [0.25, 0.3) is 5.91 Å². The normalized spacial score (nSPS) is 14.7. The van der Waals surface area contributed by atoms with Gasteiger partial charge in [0.1, 0.15) is 23.2 Å². The maximum atomic E-state index is 15.1. The van der Waals surface area contributed by atoms with E-state index in [-0.39, 0.29) is 17.8 Å². The standard InChI is InChI=1S/C32H31FN4O7/c1-32(2,3)43-31(41)34-22-11-9-21(10-12-22)29-36-28(37-44-29)24-15-7-20(17-25(24)33)18-26(30(39)40)35-27(38)16-8-19-5-13-23(42-4)14-6-19/h5-7,9-15,17,26,29H,18H2,1-4H3,(H,34,41)(H,35,38)(H,36,37)(H,39,40). The number of aliphatic carboxylic acids is 1. The Kier molecular flexibility index (Phi) is 9.82. The van der Waals surface area contributed by atoms with E-state index >= 15 is 4.39 Å². The molecule has 0 spiro atoms. The Balaban J connectivity index is 1.38. The number of carbonyl (C=O) groups is 3. The first kappa shape index (κ1) is 31.5. The molecule has 2 atom stereocenters. The van der Waals surface area contributed by atoms with Crippen LogP contribution in [-0.4, -0.2) is 47.7 Å². The molecule has 0 saturated heterocycles. The van der Waals surface area contributed by atoms with E-state index in [9.17, 15) is 19.5 Å². The fourth-order valence-electron chi connectivity index (χ4n) is 4.01. The molecule has 44 heavy (non-hydrogen) atoms. The molecule has 2 amide bonds. The Bertz CT molecular complexity index is 1620. The van der Waals surface area contributed by atoms with Gasteiger partial charge in [0.15, 0.2) is 5.84 Å². The molecule has 0 fully saturated rings. The molecule has 0 saturated carbocycles. The van der Waals surface area contributed by atoms with Gasteiger partial charge in [-0.1, -0.05) is 24.1 Å². The SMILES string of the molecule is COc1ccc(C#CC(=O)NC(Cc2ccc(C3=NC(c4ccc(NC(=O)OC(C)(C)C)cc4)ON3)c(F)c2)C(=O)O)cc1. The molecule has 228 valence electrons. The molecular formula is C32H31FN4O7. The Hall–Kier alpha value is -5.41. The maximum Gasteiger partial charge on any atom is 0.412 e. The summed E-state index contributed by atoms with van der Waals surface area (Å²) in [5, 5.41) is 14.6. The first-order chi connectivity index (χ1) is 20.9. The van der Waals surface area contributed by atoms with Crippen molar-refractivity contribution in [3.63, 3.8) is 0 Å². The minimum atomic E-state index is -1.33. The van der Waals surface area contributed by atoms with E-state index in [2.05, 4.69) is 32.9 Å². The molecule has 1 aliphatic rings. The molecule has 4 N–H and O–H groups in total. The molecule has 2 unspecified atom stereocenters. The van der Waals surface area contributed by atoms with Crippen molar-refractivity contribution in [2.24, 2.45) is 4.99 Å². The molecule has 0 aliphatic carbocycles. The van der Waals surface area contributed by atoms with Crippen LogP contribution in [0.1, 0.15) is 49.3 Å². The van der Waals surface area contributed by atoms with Crippen molar-refractivity contribution in [3.05, 3.63) is 94.8 Å². The lowest BCUT2D eigenvalue weighted by Crippen LogP contribution is -2.41. The zero-order chi connectivity index (χ0) is 31.9. The highest BCUT2D eigenvalue weighted by atomic mass is 19.1. The van der Waals surface area contributed by atoms with Gasteiger partial charge in [-0.2, -0.15) is 0 Å². The van der Waals surface area contributed by atoms with Crippen molar-refractivity contribution in [1.82, 2.24) is 10.8 Å². The molecule has 1 heterocycles. The number of carbonyl (C=O) groups excluding carboxylic acids is 2. The van der Waals surface area contributed by atoms with Crippen LogP contribution in [0.2, 0.25) is 0 Å². The maximum absolute atomic E-state index is 15.1. The van der Waals surface area contributed by atoms with Gasteiger partial charge in [-0.3, -0.25) is 10.1 Å². The van der Waals surface area contributed by atoms with Crippen molar-refractivity contribution in [2.45, 2.75) is 45.1 Å². The second-order valence-corrected chi connectivity index (χ2v) is 10.7. The van der Waals surface area contributed by atoms with Crippen LogP contribution >= 0.6 is 0 Å². The smallest absolute Gasteiger partial charge is 0.412 e. The summed E-state index contributed by atoms with van der Waals surface area (Å²) in [6.07, 6.45) is -1.53. The van der Waals surface area contributed by atoms with E-state index < -0.39 is 41.7 Å². The molecule has 4 rings (SSSR count). The Morgan fingerprint density at radius 2 is 1.80 bits per heavy atom. The van der Waals surface area contributed by atoms with Crippen molar-refractivity contribution < 1.29 is 38.2 Å². The number of benzene rings is 3. The summed E-state index contributed by atoms with van der Waals surface area (Å²) in [4.78, 5) is 46.0. The van der Waals surface area contributed by atoms with Gasteiger partial charge in [-0.05, 0) is 74.9 Å². The predicted octanol–water partition coefficient (Wildman–Crippen LogP) is 4.33. The average Bonchev–Trinajstić information content (AvgIpc) is 3.45. The zero-order valence-electron chi connectivity index (χ0n) is 24.4. The van der Waals surface area contributed by atoms with Crippen LogP contribution in [0, 0.1) is 17.7 Å². The number of nitrogens with one attached hydrogen (secondary N) is 3. The summed E-state index contributed by atoms with van der Waals surface area (Å²) in [6, 6.07) is 16.2. The lowest BCUT2D eigenvalue weighted by atomic mass is 10.0. The molecule has 0 aromatic heterocycles. The first-order valence-corrected chi connectivity index (χ1v) is 13.5. The largest absolute Gasteiger partial charge is 0.497 e. The minimum absolute atomic E-state index is 0.112. The number of carboxylic acid groups (broad SMARTS) is 1. The van der Waals surface area contributed by atoms with Crippen LogP contribution in [0.15, 0.2) is 71.7 Å². The fraction of sp³-hybridized carbons (Fsp3) is 0.250. The van der Waals surface area contributed by atoms with Crippen molar-refractivity contribution in [3.8, 4) is 17.6 Å². The van der Waals surface area contributed by atoms with Gasteiger partial charge in [-0.25, -0.2) is 29.3 Å². The number of carboxylic acids is 1. The average molecular weight is 603 g/mol. The molecule has 3 aromatic rings. The molecular weight excluding hydrogens is 571 g/mol. The number of anilines is 1. The van der Waals surface area contributed by atoms with Crippen LogP contribution in [0.4, 0.5) is 14.9 Å². The number of methoxy groups -OCH3 is 1. The molecule has 12 heteroatoms. The number of nitrogens with zero attached hydrogens (tertiary/aromatic N) is 1. The number of rotatable bonds is 8. The lowest BCUT2D eigenvalue weighted by molar-refractivity contribution is -0.141. The fourth-order valence-corrected chi connectivity index (χ4v) is 4.01. The second-order valence-electron chi connectivity index (χ2n) is 10.7. The number of amidine groups is 1. The quantitative estimate of drug-likeness (QED) is 0.279. The third-order valence-corrected chi connectivity index (χ3v) is 6.10. The van der Waals surface area contributed by atoms with Crippen molar-refractivity contribution in [2.75, 3.05) is 12.4 Å². The number of amides is 2. The molecule has 0 bridgehead atoms. The van der Waals surface area contributed by atoms with E-state index in [0.717, 1.165) is 0 Å². The Labute approximate surface area is 253 Å². The molecule has 1 aliphatic heterocycles. The Morgan fingerprint density at radius 3 is 2.41 bits per heavy atom. The molecule has 11 nitrogen and oxygen atoms in total. The number of halogens is 1. The van der Waals surface area contributed by atoms with Crippen LogP contribution < -0.4 is 20.9 Å². The van der Waals surface area contributed by atoms with Crippen molar-refractivity contribution >= 4 is 29.5 Å². The lowest BCUT2D eigenvalue weighted by Gasteiger charge is -2.19. The summed E-state index contributed by atoms with van der Waals surface area (Å²) in [5.74, 6) is 3.06. The van der Waals surface area contributed by atoms with Gasteiger partial charge in [0.2, 0.25) is 6.23 Å². The van der Waals surface area contributed by atoms with Crippen LogP contribution in [0.3, 0.4) is 0 Å². The van der Waals surface area contributed by atoms with Gasteiger partial charge in [0, 0.05) is 29.2 Å². The third-order valence-electron chi connectivity index (χ3n) is 6.10. The highest BCUT2D eigenvalue weighted by molar-refractivity contribution is 5.99. The van der Waals surface area contributed by atoms with Crippen LogP contribution in [0.25, 0.3) is 0 Å². The number of ether oxygens (including phenoxy) is 2. The summed E-state index contributed by atoms with van der Waals surface area (Å²) < 4.78 is 25.4. The van der Waals surface area contributed by atoms with E-state index in [1.54, 1.807) is 69.3 Å². The number of aliphatic imine (C=N–C) groups is 1. The topological polar surface area (TPSA) is 148 Å². The zero-order valence-corrected chi connectivity index (χ0v) is 24.4. The minimum Gasteiger partial charge on any atom is -0.497 e. The first-order valence-electron chi connectivity index (χ1n) is 13.5. The summed E-state index contributed by atoms with van der Waals surface area (Å²) in [6.45, 7) is 5.30. The predicted molar refractivity (Wildman–Crippen MR) is 159 cm³/mol. The van der Waals surface area contributed by atoms with Crippen LogP contribution in [-0.2, 0) is 25.6 Å². The van der Waals surface area contributed by atoms with E-state index in [1.165, 1.54) is 25.3 Å².